The largest absolute Gasteiger partial charge is 0.467 e. The minimum atomic E-state index is -0.525. The van der Waals surface area contributed by atoms with Gasteiger partial charge in [0.2, 0.25) is 0 Å². The van der Waals surface area contributed by atoms with Gasteiger partial charge < -0.3 is 19.0 Å². The summed E-state index contributed by atoms with van der Waals surface area (Å²) in [6.45, 7) is 4.33. The molecule has 18 heavy (non-hydrogen) atoms. The highest BCUT2D eigenvalue weighted by Crippen LogP contribution is 2.02. The lowest BCUT2D eigenvalue weighted by Crippen LogP contribution is -2.48. The number of ether oxygens (including phenoxy) is 2. The summed E-state index contributed by atoms with van der Waals surface area (Å²) in [7, 11) is 0. The van der Waals surface area contributed by atoms with E-state index in [0.29, 0.717) is 13.2 Å². The average molecular weight is 256 g/mol. The van der Waals surface area contributed by atoms with Crippen LogP contribution in [0.2, 0.25) is 0 Å². The number of nitrogens with zero attached hydrogens (tertiary/aromatic N) is 1. The molecule has 0 aromatic carbocycles. The molecular weight excluding hydrogens is 236 g/mol. The van der Waals surface area contributed by atoms with Crippen molar-refractivity contribution in [3.8, 4) is 0 Å². The molecule has 1 fully saturated rings. The lowest BCUT2D eigenvalue weighted by molar-refractivity contribution is -0.0147. The van der Waals surface area contributed by atoms with E-state index in [9.17, 15) is 5.11 Å². The summed E-state index contributed by atoms with van der Waals surface area (Å²) in [5, 5.41) is 11.8. The Hall–Kier alpha value is -0.920. The predicted molar refractivity (Wildman–Crippen MR) is 64.8 cm³/mol. The number of hydrogen-bond acceptors (Lipinski definition) is 6. The van der Waals surface area contributed by atoms with E-state index in [1.54, 1.807) is 6.26 Å². The smallest absolute Gasteiger partial charge is 0.129 e. The van der Waals surface area contributed by atoms with Crippen molar-refractivity contribution >= 4 is 0 Å². The van der Waals surface area contributed by atoms with Gasteiger partial charge in [-0.2, -0.15) is 0 Å². The first-order valence-corrected chi connectivity index (χ1v) is 6.19. The quantitative estimate of drug-likeness (QED) is 0.715. The van der Waals surface area contributed by atoms with Crippen LogP contribution in [0.25, 0.3) is 0 Å². The number of nitrogens with one attached hydrogen (secondary N) is 1. The van der Waals surface area contributed by atoms with Crippen molar-refractivity contribution in [1.29, 1.82) is 0 Å². The molecule has 1 aromatic rings. The van der Waals surface area contributed by atoms with Crippen molar-refractivity contribution in [3.63, 3.8) is 0 Å². The Labute approximate surface area is 106 Å². The van der Waals surface area contributed by atoms with Gasteiger partial charge in [0.1, 0.15) is 12.4 Å². The van der Waals surface area contributed by atoms with Crippen LogP contribution in [0.5, 0.6) is 0 Å². The van der Waals surface area contributed by atoms with E-state index in [1.807, 2.05) is 12.1 Å². The van der Waals surface area contributed by atoms with E-state index < -0.39 is 6.10 Å². The molecule has 0 bridgehead atoms. The monoisotopic (exact) mass is 256 g/mol. The molecule has 102 valence electrons. The predicted octanol–water partition coefficient (Wildman–Crippen LogP) is -0.00610. The van der Waals surface area contributed by atoms with Crippen molar-refractivity contribution < 1.29 is 19.0 Å². The summed E-state index contributed by atoms with van der Waals surface area (Å²) >= 11 is 0. The van der Waals surface area contributed by atoms with Crippen LogP contribution in [0.1, 0.15) is 5.76 Å². The van der Waals surface area contributed by atoms with Crippen LogP contribution in [0.3, 0.4) is 0 Å². The lowest BCUT2D eigenvalue weighted by Gasteiger charge is -2.28. The Morgan fingerprint density at radius 1 is 1.44 bits per heavy atom. The molecule has 1 aliphatic heterocycles. The van der Waals surface area contributed by atoms with Crippen molar-refractivity contribution in [1.82, 2.24) is 10.4 Å². The Bertz CT molecular complexity index is 312. The highest BCUT2D eigenvalue weighted by molar-refractivity contribution is 4.96. The summed E-state index contributed by atoms with van der Waals surface area (Å²) in [5.74, 6) is 0.767. The number of rotatable bonds is 7. The Kier molecular flexibility index (Phi) is 5.63. The van der Waals surface area contributed by atoms with Gasteiger partial charge in [0.15, 0.2) is 0 Å². The van der Waals surface area contributed by atoms with E-state index in [1.165, 1.54) is 0 Å². The zero-order valence-electron chi connectivity index (χ0n) is 10.4. The summed E-state index contributed by atoms with van der Waals surface area (Å²) in [5.41, 5.74) is 3.16. The molecule has 1 saturated heterocycles. The van der Waals surface area contributed by atoms with Gasteiger partial charge in [-0.1, -0.05) is 0 Å². The molecule has 0 spiro atoms. The van der Waals surface area contributed by atoms with E-state index in [0.717, 1.165) is 32.1 Å². The number of aliphatic hydroxyl groups excluding tert-OH is 1. The van der Waals surface area contributed by atoms with E-state index >= 15 is 0 Å². The first-order chi connectivity index (χ1) is 8.84. The summed E-state index contributed by atoms with van der Waals surface area (Å²) in [6.07, 6.45) is 1.08. The Morgan fingerprint density at radius 2 is 2.28 bits per heavy atom. The van der Waals surface area contributed by atoms with Crippen LogP contribution < -0.4 is 5.43 Å². The lowest BCUT2D eigenvalue weighted by atomic mass is 10.4. The normalized spacial score (nSPS) is 18.9. The maximum Gasteiger partial charge on any atom is 0.129 e. The highest BCUT2D eigenvalue weighted by Gasteiger charge is 2.12. The van der Waals surface area contributed by atoms with Crippen molar-refractivity contribution in [2.75, 3.05) is 39.5 Å². The molecule has 0 saturated carbocycles. The molecule has 1 unspecified atom stereocenters. The number of furan rings is 1. The third-order valence-corrected chi connectivity index (χ3v) is 2.70. The van der Waals surface area contributed by atoms with Crippen LogP contribution in [0.4, 0.5) is 0 Å². The van der Waals surface area contributed by atoms with Crippen LogP contribution in [0, 0.1) is 0 Å². The van der Waals surface area contributed by atoms with Gasteiger partial charge in [0, 0.05) is 19.6 Å². The molecule has 2 rings (SSSR count). The van der Waals surface area contributed by atoms with E-state index in [4.69, 9.17) is 13.9 Å². The summed E-state index contributed by atoms with van der Waals surface area (Å²) in [4.78, 5) is 0. The molecule has 1 aromatic heterocycles. The van der Waals surface area contributed by atoms with Crippen molar-refractivity contribution in [2.45, 2.75) is 12.7 Å². The SMILES string of the molecule is OC(CNN1CCOCC1)COCc1ccco1. The minimum Gasteiger partial charge on any atom is -0.467 e. The molecule has 6 nitrogen and oxygen atoms in total. The van der Waals surface area contributed by atoms with E-state index in [-0.39, 0.29) is 6.61 Å². The number of morpholine rings is 1. The summed E-state index contributed by atoms with van der Waals surface area (Å²) < 4.78 is 15.7. The van der Waals surface area contributed by atoms with Gasteiger partial charge in [0.05, 0.1) is 32.2 Å². The minimum absolute atomic E-state index is 0.290. The third kappa shape index (κ3) is 4.75. The molecule has 0 amide bonds. The molecular formula is C12H20N2O4. The molecule has 1 aliphatic rings. The molecule has 6 heteroatoms. The van der Waals surface area contributed by atoms with E-state index in [2.05, 4.69) is 10.4 Å². The molecule has 0 aliphatic carbocycles. The van der Waals surface area contributed by atoms with Crippen molar-refractivity contribution in [3.05, 3.63) is 24.2 Å². The third-order valence-electron chi connectivity index (χ3n) is 2.70. The zero-order chi connectivity index (χ0) is 12.6. The second-order valence-electron chi connectivity index (χ2n) is 4.21. The van der Waals surface area contributed by atoms with Gasteiger partial charge in [-0.15, -0.1) is 0 Å². The number of hydrazine groups is 1. The highest BCUT2D eigenvalue weighted by atomic mass is 16.5. The van der Waals surface area contributed by atoms with Gasteiger partial charge in [-0.25, -0.2) is 5.01 Å². The fourth-order valence-electron chi connectivity index (χ4n) is 1.71. The number of aliphatic hydroxyl groups is 1. The maximum atomic E-state index is 9.73. The summed E-state index contributed by atoms with van der Waals surface area (Å²) in [6, 6.07) is 3.66. The van der Waals surface area contributed by atoms with Gasteiger partial charge >= 0.3 is 0 Å². The molecule has 0 radical (unpaired) electrons. The second-order valence-corrected chi connectivity index (χ2v) is 4.21. The Morgan fingerprint density at radius 3 is 3.00 bits per heavy atom. The number of hydrogen-bond donors (Lipinski definition) is 2. The fraction of sp³-hybridized carbons (Fsp3) is 0.667. The fourth-order valence-corrected chi connectivity index (χ4v) is 1.71. The molecule has 1 atom stereocenters. The van der Waals surface area contributed by atoms with Gasteiger partial charge in [-0.3, -0.25) is 5.43 Å². The molecule has 2 heterocycles. The van der Waals surface area contributed by atoms with Crippen LogP contribution >= 0.6 is 0 Å². The zero-order valence-corrected chi connectivity index (χ0v) is 10.4. The standard InChI is InChI=1S/C12H20N2O4/c15-11(8-13-14-3-6-16-7-4-14)9-17-10-12-2-1-5-18-12/h1-2,5,11,13,15H,3-4,6-10H2. The van der Waals surface area contributed by atoms with Crippen LogP contribution in [-0.4, -0.2) is 55.7 Å². The maximum absolute atomic E-state index is 9.73. The molecule has 2 N–H and O–H groups in total. The topological polar surface area (TPSA) is 67.1 Å². The van der Waals surface area contributed by atoms with Crippen LogP contribution in [-0.2, 0) is 16.1 Å². The van der Waals surface area contributed by atoms with Gasteiger partial charge in [-0.05, 0) is 12.1 Å². The first kappa shape index (κ1) is 13.5. The first-order valence-electron chi connectivity index (χ1n) is 6.19. The van der Waals surface area contributed by atoms with Gasteiger partial charge in [0.25, 0.3) is 0 Å². The van der Waals surface area contributed by atoms with Crippen molar-refractivity contribution in [2.24, 2.45) is 0 Å². The second kappa shape index (κ2) is 7.50. The van der Waals surface area contributed by atoms with Crippen LogP contribution in [0.15, 0.2) is 22.8 Å². The average Bonchev–Trinajstić information content (AvgIpc) is 2.91. The Balaban J connectivity index is 1.53.